The molecule has 1 aromatic carbocycles. The Balaban J connectivity index is 1.86. The summed E-state index contributed by atoms with van der Waals surface area (Å²) in [5, 5.41) is 25.3. The first-order valence-electron chi connectivity index (χ1n) is 10.8. The Kier molecular flexibility index (Phi) is 4.41. The summed E-state index contributed by atoms with van der Waals surface area (Å²) >= 11 is 0. The minimum Gasteiger partial charge on any atom is -0.618 e. The molecule has 1 N–H and O–H groups in total. The fourth-order valence-corrected chi connectivity index (χ4v) is 4.96. The van der Waals surface area contributed by atoms with Crippen molar-refractivity contribution in [1.82, 2.24) is 4.57 Å². The number of aromatic nitrogens is 2. The first-order chi connectivity index (χ1) is 14.9. The van der Waals surface area contributed by atoms with E-state index < -0.39 is 11.6 Å². The quantitative estimate of drug-likeness (QED) is 0.398. The maximum absolute atomic E-state index is 13.6. The zero-order chi connectivity index (χ0) is 21.9. The number of esters is 1. The van der Waals surface area contributed by atoms with Crippen LogP contribution in [0.3, 0.4) is 0 Å². The lowest BCUT2D eigenvalue weighted by molar-refractivity contribution is -0.565. The lowest BCUT2D eigenvalue weighted by Crippen LogP contribution is -2.44. The van der Waals surface area contributed by atoms with Gasteiger partial charge >= 0.3 is 5.97 Å². The van der Waals surface area contributed by atoms with Gasteiger partial charge in [-0.2, -0.15) is 4.73 Å². The highest BCUT2D eigenvalue weighted by atomic mass is 16.6. The zero-order valence-electron chi connectivity index (χ0n) is 17.6. The van der Waals surface area contributed by atoms with Gasteiger partial charge in [-0.1, -0.05) is 38.8 Å². The third-order valence-electron chi connectivity index (χ3n) is 6.67. The number of benzene rings is 1. The van der Waals surface area contributed by atoms with Crippen molar-refractivity contribution in [3.8, 4) is 11.4 Å². The van der Waals surface area contributed by atoms with E-state index in [0.717, 1.165) is 28.5 Å². The summed E-state index contributed by atoms with van der Waals surface area (Å²) in [4.78, 5) is 26.0. The first-order valence-corrected chi connectivity index (χ1v) is 10.8. The van der Waals surface area contributed by atoms with Crippen LogP contribution >= 0.6 is 0 Å². The van der Waals surface area contributed by atoms with Crippen LogP contribution in [0, 0.1) is 5.21 Å². The van der Waals surface area contributed by atoms with E-state index in [9.17, 15) is 19.9 Å². The molecule has 0 saturated carbocycles. The van der Waals surface area contributed by atoms with Gasteiger partial charge in [0.25, 0.3) is 5.56 Å². The standard InChI is InChI=1S/C24H24N2O5/c1-3-5-9-19-15-11-14-8-6-7-10-18(14)26(30)21(15)20-12-17-16(22(27)25(19)20)13-31-23(28)24(17,29)4-2/h6-8,10-12,19,29H,3-5,9,13H2,1-2H3/t19?,24-/m0/s1. The summed E-state index contributed by atoms with van der Waals surface area (Å²) in [7, 11) is 0. The molecular weight excluding hydrogens is 396 g/mol. The molecule has 0 aliphatic carbocycles. The van der Waals surface area contributed by atoms with Crippen LogP contribution in [0.2, 0.25) is 0 Å². The summed E-state index contributed by atoms with van der Waals surface area (Å²) in [6.07, 6.45) is 2.64. The molecular formula is C24H24N2O5. The predicted octanol–water partition coefficient (Wildman–Crippen LogP) is 3.05. The van der Waals surface area contributed by atoms with Crippen molar-refractivity contribution in [1.29, 1.82) is 0 Å². The largest absolute Gasteiger partial charge is 0.618 e. The Morgan fingerprint density at radius 3 is 2.77 bits per heavy atom. The average molecular weight is 420 g/mol. The van der Waals surface area contributed by atoms with Crippen molar-refractivity contribution in [3.63, 3.8) is 0 Å². The molecule has 0 amide bonds. The van der Waals surface area contributed by atoms with Gasteiger partial charge in [-0.15, -0.1) is 0 Å². The molecule has 7 nitrogen and oxygen atoms in total. The molecule has 2 aliphatic heterocycles. The molecule has 4 heterocycles. The zero-order valence-corrected chi connectivity index (χ0v) is 17.6. The Morgan fingerprint density at radius 1 is 1.26 bits per heavy atom. The lowest BCUT2D eigenvalue weighted by atomic mass is 9.86. The number of nitrogens with zero attached hydrogens (tertiary/aromatic N) is 2. The number of cyclic esters (lactones) is 1. The summed E-state index contributed by atoms with van der Waals surface area (Å²) in [5.74, 6) is -0.763. The van der Waals surface area contributed by atoms with Crippen LogP contribution in [0.15, 0.2) is 41.2 Å². The molecule has 0 saturated heterocycles. The van der Waals surface area contributed by atoms with Crippen LogP contribution in [-0.4, -0.2) is 15.6 Å². The van der Waals surface area contributed by atoms with E-state index in [2.05, 4.69) is 6.92 Å². The molecule has 2 aliphatic rings. The summed E-state index contributed by atoms with van der Waals surface area (Å²) in [6.45, 7) is 3.58. The highest BCUT2D eigenvalue weighted by molar-refractivity contribution is 5.85. The van der Waals surface area contributed by atoms with E-state index in [-0.39, 0.29) is 35.8 Å². The maximum atomic E-state index is 13.6. The smallest absolute Gasteiger partial charge is 0.343 e. The molecule has 0 spiro atoms. The molecule has 7 heteroatoms. The van der Waals surface area contributed by atoms with Crippen LogP contribution in [0.5, 0.6) is 0 Å². The number of fused-ring (bicyclic) bond motifs is 5. The first kappa shape index (κ1) is 19.8. The van der Waals surface area contributed by atoms with Gasteiger partial charge in [-0.3, -0.25) is 9.36 Å². The molecule has 1 unspecified atom stereocenters. The fraction of sp³-hybridized carbons (Fsp3) is 0.375. The Labute approximate surface area is 179 Å². The van der Waals surface area contributed by atoms with Crippen LogP contribution in [0.25, 0.3) is 22.3 Å². The number of carbonyl (C=O) groups is 1. The minimum atomic E-state index is -1.89. The van der Waals surface area contributed by atoms with Crippen LogP contribution in [0.4, 0.5) is 0 Å². The Morgan fingerprint density at radius 2 is 2.03 bits per heavy atom. The fourth-order valence-electron chi connectivity index (χ4n) is 4.96. The van der Waals surface area contributed by atoms with E-state index >= 15 is 0 Å². The van der Waals surface area contributed by atoms with Crippen LogP contribution in [0.1, 0.15) is 62.3 Å². The maximum Gasteiger partial charge on any atom is 0.343 e. The molecule has 0 bridgehead atoms. The second-order valence-corrected chi connectivity index (χ2v) is 8.35. The number of rotatable bonds is 4. The lowest BCUT2D eigenvalue weighted by Gasteiger charge is -2.32. The molecule has 160 valence electrons. The van der Waals surface area contributed by atoms with Crippen molar-refractivity contribution >= 4 is 16.9 Å². The average Bonchev–Trinajstić information content (AvgIpc) is 3.09. The van der Waals surface area contributed by atoms with Gasteiger partial charge in [0.2, 0.25) is 11.2 Å². The van der Waals surface area contributed by atoms with Gasteiger partial charge in [-0.05, 0) is 31.0 Å². The van der Waals surface area contributed by atoms with E-state index in [1.54, 1.807) is 29.7 Å². The Bertz CT molecular complexity index is 1300. The topological polar surface area (TPSA) is 95.5 Å². The van der Waals surface area contributed by atoms with Gasteiger partial charge in [0.15, 0.2) is 5.60 Å². The van der Waals surface area contributed by atoms with Gasteiger partial charge in [-0.25, -0.2) is 4.79 Å². The van der Waals surface area contributed by atoms with E-state index in [0.29, 0.717) is 23.3 Å². The van der Waals surface area contributed by atoms with Gasteiger partial charge < -0.3 is 15.1 Å². The van der Waals surface area contributed by atoms with Crippen molar-refractivity contribution in [2.45, 2.75) is 57.8 Å². The molecule has 31 heavy (non-hydrogen) atoms. The third-order valence-corrected chi connectivity index (χ3v) is 6.67. The van der Waals surface area contributed by atoms with E-state index in [1.807, 2.05) is 18.2 Å². The summed E-state index contributed by atoms with van der Waals surface area (Å²) in [6, 6.07) is 10.7. The Hall–Kier alpha value is -3.19. The molecule has 3 aromatic rings. The number of carbonyl (C=O) groups excluding carboxylic acids is 1. The molecule has 2 aromatic heterocycles. The number of ether oxygens (including phenoxy) is 1. The number of pyridine rings is 2. The van der Waals surface area contributed by atoms with Crippen molar-refractivity contribution in [2.75, 3.05) is 0 Å². The third kappa shape index (κ3) is 2.59. The second-order valence-electron chi connectivity index (χ2n) is 8.35. The normalized spacial score (nSPS) is 21.5. The van der Waals surface area contributed by atoms with E-state index in [1.165, 1.54) is 0 Å². The molecule has 0 fully saturated rings. The predicted molar refractivity (Wildman–Crippen MR) is 114 cm³/mol. The minimum absolute atomic E-state index is 0.0724. The summed E-state index contributed by atoms with van der Waals surface area (Å²) in [5.41, 5.74) is 0.497. The SMILES string of the molecule is CCCCC1c2cc3ccccc3[n+]([O-])c2-c2cc3c(c(=O)n21)COC(=O)[C@]3(O)CC. The van der Waals surface area contributed by atoms with Crippen molar-refractivity contribution in [2.24, 2.45) is 0 Å². The summed E-state index contributed by atoms with van der Waals surface area (Å²) < 4.78 is 7.69. The molecule has 2 atom stereocenters. The molecule has 5 rings (SSSR count). The number of para-hydroxylation sites is 1. The van der Waals surface area contributed by atoms with Crippen LogP contribution in [-0.2, 0) is 21.7 Å². The number of hydrogen-bond donors (Lipinski definition) is 1. The van der Waals surface area contributed by atoms with Crippen molar-refractivity contribution in [3.05, 3.63) is 68.6 Å². The number of hydrogen-bond acceptors (Lipinski definition) is 5. The highest BCUT2D eigenvalue weighted by Gasteiger charge is 2.47. The number of aliphatic hydroxyl groups is 1. The van der Waals surface area contributed by atoms with E-state index in [4.69, 9.17) is 4.74 Å². The second kappa shape index (κ2) is 6.92. The van der Waals surface area contributed by atoms with Crippen molar-refractivity contribution < 1.29 is 19.4 Å². The van der Waals surface area contributed by atoms with Gasteiger partial charge in [0, 0.05) is 17.0 Å². The van der Waals surface area contributed by atoms with Crippen LogP contribution < -0.4 is 10.3 Å². The van der Waals surface area contributed by atoms with Gasteiger partial charge in [0.05, 0.1) is 17.2 Å². The monoisotopic (exact) mass is 420 g/mol. The van der Waals surface area contributed by atoms with Gasteiger partial charge in [0.1, 0.15) is 12.3 Å². The molecule has 0 radical (unpaired) electrons. The highest BCUT2D eigenvalue weighted by Crippen LogP contribution is 2.43. The number of unbranched alkanes of at least 4 members (excludes halogenated alkanes) is 1.